The molecule has 23 heavy (non-hydrogen) atoms. The molecule has 0 unspecified atom stereocenters. The van der Waals surface area contributed by atoms with Crippen molar-refractivity contribution in [2.24, 2.45) is 0 Å². The van der Waals surface area contributed by atoms with Gasteiger partial charge in [0.2, 0.25) is 0 Å². The van der Waals surface area contributed by atoms with Crippen LogP contribution in [0.2, 0.25) is 0 Å². The van der Waals surface area contributed by atoms with Crippen LogP contribution in [0.1, 0.15) is 64.2 Å². The summed E-state index contributed by atoms with van der Waals surface area (Å²) in [6.45, 7) is 0. The van der Waals surface area contributed by atoms with Crippen molar-refractivity contribution in [3.8, 4) is 0 Å². The maximum Gasteiger partial charge on any atom is 0.334 e. The van der Waals surface area contributed by atoms with Crippen LogP contribution in [0.4, 0.5) is 9.59 Å². The molecule has 7 nitrogen and oxygen atoms in total. The third kappa shape index (κ3) is 5.11. The van der Waals surface area contributed by atoms with Gasteiger partial charge in [-0.2, -0.15) is 4.90 Å². The first-order valence-corrected chi connectivity index (χ1v) is 8.65. The minimum absolute atomic E-state index is 0.0749. The number of ether oxygens (including phenoxy) is 1. The number of amides is 4. The molecule has 0 aromatic heterocycles. The Morgan fingerprint density at radius 1 is 0.870 bits per heavy atom. The number of carbonyl (C=O) groups is 2. The van der Waals surface area contributed by atoms with E-state index in [0.29, 0.717) is 0 Å². The highest BCUT2D eigenvalue weighted by Crippen LogP contribution is 2.19. The topological polar surface area (TPSA) is 94.5 Å². The van der Waals surface area contributed by atoms with E-state index in [1.165, 1.54) is 20.0 Å². The first-order valence-electron chi connectivity index (χ1n) is 8.65. The number of rotatable bonds is 2. The highest BCUT2D eigenvalue weighted by Gasteiger charge is 2.30. The normalized spacial score (nSPS) is 19.7. The zero-order valence-corrected chi connectivity index (χ0v) is 13.9. The van der Waals surface area contributed by atoms with Crippen molar-refractivity contribution >= 4 is 18.1 Å². The van der Waals surface area contributed by atoms with Crippen LogP contribution >= 0.6 is 0 Å². The average Bonchev–Trinajstić information content (AvgIpc) is 2.56. The summed E-state index contributed by atoms with van der Waals surface area (Å²) >= 11 is 0. The Kier molecular flexibility index (Phi) is 6.67. The van der Waals surface area contributed by atoms with E-state index in [9.17, 15) is 9.59 Å². The molecule has 0 aromatic carbocycles. The zero-order valence-electron chi connectivity index (χ0n) is 13.9. The van der Waals surface area contributed by atoms with Gasteiger partial charge in [0.05, 0.1) is 7.11 Å². The molecule has 2 saturated carbocycles. The largest absolute Gasteiger partial charge is 0.468 e. The number of hydrogen-bond donors (Lipinski definition) is 3. The molecular formula is C16H28N4O3. The zero-order chi connectivity index (χ0) is 16.7. The smallest absolute Gasteiger partial charge is 0.334 e. The number of amidine groups is 1. The predicted molar refractivity (Wildman–Crippen MR) is 87.4 cm³/mol. The monoisotopic (exact) mass is 324 g/mol. The van der Waals surface area contributed by atoms with Gasteiger partial charge in [0.1, 0.15) is 0 Å². The summed E-state index contributed by atoms with van der Waals surface area (Å²) in [6, 6.07) is -1.45. The number of urea groups is 2. The van der Waals surface area contributed by atoms with Gasteiger partial charge in [-0.15, -0.1) is 0 Å². The van der Waals surface area contributed by atoms with Gasteiger partial charge >= 0.3 is 18.1 Å². The lowest BCUT2D eigenvalue weighted by Gasteiger charge is -2.29. The Hall–Kier alpha value is -1.79. The average molecular weight is 324 g/mol. The van der Waals surface area contributed by atoms with Gasteiger partial charge in [0, 0.05) is 12.1 Å². The van der Waals surface area contributed by atoms with E-state index in [1.807, 2.05) is 0 Å². The number of nitrogens with one attached hydrogen (secondary N) is 3. The van der Waals surface area contributed by atoms with Crippen LogP contribution in [-0.4, -0.2) is 42.2 Å². The second kappa shape index (κ2) is 8.74. The number of carbonyl (C=O) groups excluding carboxylic acids is 2. The minimum Gasteiger partial charge on any atom is -0.468 e. The SMILES string of the molecule is COC(=N)N(C(=O)NC1CCCCC1)C(=O)NC1CCCCC1. The summed E-state index contributed by atoms with van der Waals surface area (Å²) in [5.41, 5.74) is 0. The lowest BCUT2D eigenvalue weighted by atomic mass is 9.95. The highest BCUT2D eigenvalue weighted by molar-refractivity contribution is 6.08. The Morgan fingerprint density at radius 3 is 1.61 bits per heavy atom. The van der Waals surface area contributed by atoms with Crippen LogP contribution in [0.5, 0.6) is 0 Å². The second-order valence-electron chi connectivity index (χ2n) is 6.41. The van der Waals surface area contributed by atoms with E-state index in [-0.39, 0.29) is 12.1 Å². The molecule has 0 saturated heterocycles. The fraction of sp³-hybridized carbons (Fsp3) is 0.812. The highest BCUT2D eigenvalue weighted by atomic mass is 16.5. The summed E-state index contributed by atoms with van der Waals surface area (Å²) in [4.78, 5) is 25.6. The van der Waals surface area contributed by atoms with Gasteiger partial charge in [-0.25, -0.2) is 9.59 Å². The molecule has 130 valence electrons. The molecule has 3 N–H and O–H groups in total. The van der Waals surface area contributed by atoms with Crippen LogP contribution in [0.3, 0.4) is 0 Å². The number of hydrogen-bond acceptors (Lipinski definition) is 4. The lowest BCUT2D eigenvalue weighted by molar-refractivity contribution is 0.185. The summed E-state index contributed by atoms with van der Waals surface area (Å²) < 4.78 is 4.82. The van der Waals surface area contributed by atoms with Gasteiger partial charge in [-0.05, 0) is 25.7 Å². The molecule has 0 aromatic rings. The quantitative estimate of drug-likeness (QED) is 0.538. The van der Waals surface area contributed by atoms with E-state index in [2.05, 4.69) is 10.6 Å². The van der Waals surface area contributed by atoms with Crippen molar-refractivity contribution in [3.63, 3.8) is 0 Å². The summed E-state index contributed by atoms with van der Waals surface area (Å²) in [5.74, 6) is 0. The van der Waals surface area contributed by atoms with Crippen LogP contribution < -0.4 is 10.6 Å². The maximum atomic E-state index is 12.4. The summed E-state index contributed by atoms with van der Waals surface area (Å²) in [7, 11) is 1.29. The predicted octanol–water partition coefficient (Wildman–Crippen LogP) is 2.95. The molecule has 0 heterocycles. The van der Waals surface area contributed by atoms with Crippen molar-refractivity contribution in [2.45, 2.75) is 76.3 Å². The van der Waals surface area contributed by atoms with E-state index in [0.717, 1.165) is 56.3 Å². The van der Waals surface area contributed by atoms with Crippen LogP contribution in [0, 0.1) is 5.41 Å². The summed E-state index contributed by atoms with van der Waals surface area (Å²) in [6.07, 6.45) is 10.4. The van der Waals surface area contributed by atoms with Crippen molar-refractivity contribution in [2.75, 3.05) is 7.11 Å². The molecule has 0 atom stereocenters. The van der Waals surface area contributed by atoms with Gasteiger partial charge in [-0.1, -0.05) is 38.5 Å². The van der Waals surface area contributed by atoms with E-state index < -0.39 is 18.1 Å². The first-order chi connectivity index (χ1) is 11.1. The first kappa shape index (κ1) is 17.6. The third-order valence-electron chi connectivity index (χ3n) is 4.67. The number of nitrogens with zero attached hydrogens (tertiary/aromatic N) is 1. The molecule has 4 amide bonds. The Morgan fingerprint density at radius 2 is 1.26 bits per heavy atom. The maximum absolute atomic E-state index is 12.4. The van der Waals surface area contributed by atoms with Crippen molar-refractivity contribution < 1.29 is 14.3 Å². The Bertz CT molecular complexity index is 397. The molecule has 0 bridgehead atoms. The van der Waals surface area contributed by atoms with Gasteiger partial charge in [0.25, 0.3) is 0 Å². The fourth-order valence-corrected chi connectivity index (χ4v) is 3.34. The van der Waals surface area contributed by atoms with Crippen molar-refractivity contribution in [3.05, 3.63) is 0 Å². The standard InChI is InChI=1S/C16H28N4O3/c1-23-14(17)20(15(21)18-12-8-4-2-5-9-12)16(22)19-13-10-6-3-7-11-13/h12-13,17H,2-11H2,1H3,(H,18,21)(H,19,22). The number of methoxy groups -OCH3 is 1. The van der Waals surface area contributed by atoms with Crippen LogP contribution in [-0.2, 0) is 4.74 Å². The van der Waals surface area contributed by atoms with Gasteiger partial charge in [0.15, 0.2) is 0 Å². The van der Waals surface area contributed by atoms with Gasteiger partial charge in [-0.3, -0.25) is 5.41 Å². The number of imide groups is 1. The molecule has 2 rings (SSSR count). The minimum atomic E-state index is -0.572. The Balaban J connectivity index is 1.95. The third-order valence-corrected chi connectivity index (χ3v) is 4.67. The van der Waals surface area contributed by atoms with Gasteiger partial charge < -0.3 is 15.4 Å². The molecule has 7 heteroatoms. The molecule has 0 aliphatic heterocycles. The van der Waals surface area contributed by atoms with E-state index in [4.69, 9.17) is 10.1 Å². The molecule has 0 radical (unpaired) electrons. The summed E-state index contributed by atoms with van der Waals surface area (Å²) in [5, 5.41) is 13.5. The van der Waals surface area contributed by atoms with E-state index >= 15 is 0 Å². The molecule has 2 aliphatic carbocycles. The van der Waals surface area contributed by atoms with E-state index in [1.54, 1.807) is 0 Å². The van der Waals surface area contributed by atoms with Crippen LogP contribution in [0.25, 0.3) is 0 Å². The fourth-order valence-electron chi connectivity index (χ4n) is 3.34. The molecule has 0 spiro atoms. The Labute approximate surface area is 137 Å². The van der Waals surface area contributed by atoms with Crippen LogP contribution in [0.15, 0.2) is 0 Å². The lowest BCUT2D eigenvalue weighted by Crippen LogP contribution is -2.55. The molecular weight excluding hydrogens is 296 g/mol. The molecule has 2 fully saturated rings. The van der Waals surface area contributed by atoms with Crippen molar-refractivity contribution in [1.29, 1.82) is 5.41 Å². The molecule has 2 aliphatic rings. The second-order valence-corrected chi connectivity index (χ2v) is 6.41. The van der Waals surface area contributed by atoms with Crippen molar-refractivity contribution in [1.82, 2.24) is 15.5 Å².